The first kappa shape index (κ1) is 11.9. The summed E-state index contributed by atoms with van der Waals surface area (Å²) in [5.74, 6) is 0.704. The fraction of sp³-hybridized carbons (Fsp3) is 0.188. The molecule has 0 bridgehead atoms. The van der Waals surface area contributed by atoms with E-state index in [4.69, 9.17) is 0 Å². The van der Waals surface area contributed by atoms with E-state index in [1.165, 1.54) is 23.3 Å². The largest absolute Gasteiger partial charge is 0.342 e. The van der Waals surface area contributed by atoms with Gasteiger partial charge in [-0.2, -0.15) is 0 Å². The maximum atomic E-state index is 12.9. The highest BCUT2D eigenvalue weighted by Crippen LogP contribution is 2.19. The van der Waals surface area contributed by atoms with Gasteiger partial charge in [-0.25, -0.2) is 9.37 Å². The fourth-order valence-corrected chi connectivity index (χ4v) is 2.40. The average Bonchev–Trinajstić information content (AvgIpc) is 2.75. The van der Waals surface area contributed by atoms with Crippen LogP contribution in [0.4, 0.5) is 4.39 Å². The van der Waals surface area contributed by atoms with E-state index in [2.05, 4.69) is 35.9 Å². The van der Waals surface area contributed by atoms with Crippen LogP contribution in [0.2, 0.25) is 0 Å². The van der Waals surface area contributed by atoms with Gasteiger partial charge < -0.3 is 4.98 Å². The predicted octanol–water partition coefficient (Wildman–Crippen LogP) is 3.91. The van der Waals surface area contributed by atoms with E-state index in [9.17, 15) is 4.39 Å². The van der Waals surface area contributed by atoms with Gasteiger partial charge in [-0.3, -0.25) is 0 Å². The summed E-state index contributed by atoms with van der Waals surface area (Å²) in [5, 5.41) is 0. The molecule has 3 rings (SSSR count). The molecule has 1 N–H and O–H groups in total. The SMILES string of the molecule is Cc1cc(C)c2nc(Cc3ccc(F)cc3)[nH]c2c1. The number of rotatable bonds is 2. The molecule has 0 aliphatic heterocycles. The second-order valence-electron chi connectivity index (χ2n) is 4.96. The van der Waals surface area contributed by atoms with Crippen molar-refractivity contribution in [3.8, 4) is 0 Å². The van der Waals surface area contributed by atoms with Gasteiger partial charge in [0.25, 0.3) is 0 Å². The molecule has 0 saturated heterocycles. The van der Waals surface area contributed by atoms with Crippen LogP contribution in [0, 0.1) is 19.7 Å². The molecule has 0 aliphatic rings. The second-order valence-corrected chi connectivity index (χ2v) is 4.96. The summed E-state index contributed by atoms with van der Waals surface area (Å²) in [4.78, 5) is 7.96. The molecule has 0 saturated carbocycles. The number of aryl methyl sites for hydroxylation is 2. The van der Waals surface area contributed by atoms with E-state index in [1.54, 1.807) is 12.1 Å². The maximum Gasteiger partial charge on any atom is 0.123 e. The minimum atomic E-state index is -0.208. The first-order valence-electron chi connectivity index (χ1n) is 6.32. The normalized spacial score (nSPS) is 11.1. The van der Waals surface area contributed by atoms with Gasteiger partial charge in [0.1, 0.15) is 11.6 Å². The fourth-order valence-electron chi connectivity index (χ4n) is 2.40. The summed E-state index contributed by atoms with van der Waals surface area (Å²) in [6.07, 6.45) is 0.688. The lowest BCUT2D eigenvalue weighted by atomic mass is 10.1. The van der Waals surface area contributed by atoms with Gasteiger partial charge in [-0.1, -0.05) is 18.2 Å². The summed E-state index contributed by atoms with van der Waals surface area (Å²) >= 11 is 0. The van der Waals surface area contributed by atoms with Gasteiger partial charge in [0, 0.05) is 6.42 Å². The van der Waals surface area contributed by atoms with Gasteiger partial charge >= 0.3 is 0 Å². The van der Waals surface area contributed by atoms with Crippen molar-refractivity contribution in [2.45, 2.75) is 20.3 Å². The quantitative estimate of drug-likeness (QED) is 0.738. The Balaban J connectivity index is 1.97. The smallest absolute Gasteiger partial charge is 0.123 e. The molecule has 0 fully saturated rings. The Labute approximate surface area is 111 Å². The Morgan fingerprint density at radius 3 is 2.58 bits per heavy atom. The lowest BCUT2D eigenvalue weighted by Crippen LogP contribution is -1.90. The monoisotopic (exact) mass is 254 g/mol. The third-order valence-corrected chi connectivity index (χ3v) is 3.26. The Morgan fingerprint density at radius 1 is 1.11 bits per heavy atom. The lowest BCUT2D eigenvalue weighted by molar-refractivity contribution is 0.627. The van der Waals surface area contributed by atoms with Crippen LogP contribution in [0.3, 0.4) is 0 Å². The van der Waals surface area contributed by atoms with Crippen molar-refractivity contribution >= 4 is 11.0 Å². The van der Waals surface area contributed by atoms with E-state index in [0.29, 0.717) is 6.42 Å². The summed E-state index contributed by atoms with van der Waals surface area (Å²) < 4.78 is 12.9. The van der Waals surface area contributed by atoms with Crippen LogP contribution in [-0.2, 0) is 6.42 Å². The summed E-state index contributed by atoms with van der Waals surface area (Å²) in [6, 6.07) is 10.8. The Kier molecular flexibility index (Phi) is 2.82. The summed E-state index contributed by atoms with van der Waals surface area (Å²) in [7, 11) is 0. The van der Waals surface area contributed by atoms with Crippen LogP contribution in [0.5, 0.6) is 0 Å². The van der Waals surface area contributed by atoms with Gasteiger partial charge in [-0.05, 0) is 48.7 Å². The number of H-pyrrole nitrogens is 1. The molecule has 1 aromatic heterocycles. The first-order valence-corrected chi connectivity index (χ1v) is 6.32. The van der Waals surface area contributed by atoms with Crippen molar-refractivity contribution in [2.24, 2.45) is 0 Å². The lowest BCUT2D eigenvalue weighted by Gasteiger charge is -1.97. The number of nitrogens with zero attached hydrogens (tertiary/aromatic N) is 1. The van der Waals surface area contributed by atoms with Gasteiger partial charge in [0.2, 0.25) is 0 Å². The zero-order chi connectivity index (χ0) is 13.4. The number of hydrogen-bond donors (Lipinski definition) is 1. The Hall–Kier alpha value is -2.16. The Bertz CT molecular complexity index is 726. The molecule has 2 aromatic carbocycles. The van der Waals surface area contributed by atoms with E-state index >= 15 is 0 Å². The van der Waals surface area contributed by atoms with Crippen molar-refractivity contribution < 1.29 is 4.39 Å². The summed E-state index contributed by atoms with van der Waals surface area (Å²) in [6.45, 7) is 4.14. The highest BCUT2D eigenvalue weighted by Gasteiger charge is 2.06. The number of nitrogens with one attached hydrogen (secondary N) is 1. The molecule has 19 heavy (non-hydrogen) atoms. The Morgan fingerprint density at radius 2 is 1.84 bits per heavy atom. The van der Waals surface area contributed by atoms with Crippen molar-refractivity contribution in [3.05, 3.63) is 64.7 Å². The molecule has 96 valence electrons. The molecule has 0 radical (unpaired) electrons. The first-order chi connectivity index (χ1) is 9.11. The zero-order valence-electron chi connectivity index (χ0n) is 11.0. The molecular formula is C16H15FN2. The van der Waals surface area contributed by atoms with Crippen molar-refractivity contribution in [3.63, 3.8) is 0 Å². The van der Waals surface area contributed by atoms with Crippen molar-refractivity contribution in [1.82, 2.24) is 9.97 Å². The molecule has 0 atom stereocenters. The van der Waals surface area contributed by atoms with E-state index in [-0.39, 0.29) is 5.82 Å². The number of benzene rings is 2. The second kappa shape index (κ2) is 4.50. The molecule has 0 spiro atoms. The standard InChI is InChI=1S/C16H15FN2/c1-10-7-11(2)16-14(8-10)18-15(19-16)9-12-3-5-13(17)6-4-12/h3-8H,9H2,1-2H3,(H,18,19). The zero-order valence-corrected chi connectivity index (χ0v) is 11.0. The number of imidazole rings is 1. The topological polar surface area (TPSA) is 28.7 Å². The number of aromatic nitrogens is 2. The molecule has 1 heterocycles. The molecule has 0 amide bonds. The van der Waals surface area contributed by atoms with E-state index in [1.807, 2.05) is 0 Å². The summed E-state index contributed by atoms with van der Waals surface area (Å²) in [5.41, 5.74) is 5.53. The molecular weight excluding hydrogens is 239 g/mol. The van der Waals surface area contributed by atoms with Crippen LogP contribution >= 0.6 is 0 Å². The van der Waals surface area contributed by atoms with E-state index in [0.717, 1.165) is 22.4 Å². The molecule has 3 heteroatoms. The van der Waals surface area contributed by atoms with E-state index < -0.39 is 0 Å². The number of aromatic amines is 1. The molecule has 0 unspecified atom stereocenters. The molecule has 3 aromatic rings. The highest BCUT2D eigenvalue weighted by atomic mass is 19.1. The third-order valence-electron chi connectivity index (χ3n) is 3.26. The number of fused-ring (bicyclic) bond motifs is 1. The van der Waals surface area contributed by atoms with Crippen molar-refractivity contribution in [2.75, 3.05) is 0 Å². The van der Waals surface area contributed by atoms with Crippen LogP contribution < -0.4 is 0 Å². The molecule has 2 nitrogen and oxygen atoms in total. The average molecular weight is 254 g/mol. The minimum absolute atomic E-state index is 0.208. The van der Waals surface area contributed by atoms with Crippen molar-refractivity contribution in [1.29, 1.82) is 0 Å². The van der Waals surface area contributed by atoms with Gasteiger partial charge in [0.15, 0.2) is 0 Å². The predicted molar refractivity (Wildman–Crippen MR) is 74.8 cm³/mol. The highest BCUT2D eigenvalue weighted by molar-refractivity contribution is 5.79. The number of halogens is 1. The van der Waals surface area contributed by atoms with Gasteiger partial charge in [-0.15, -0.1) is 0 Å². The van der Waals surface area contributed by atoms with Crippen LogP contribution in [0.1, 0.15) is 22.5 Å². The maximum absolute atomic E-state index is 12.9. The third kappa shape index (κ3) is 2.36. The van der Waals surface area contributed by atoms with Crippen LogP contribution in [0.25, 0.3) is 11.0 Å². The van der Waals surface area contributed by atoms with Crippen LogP contribution in [0.15, 0.2) is 36.4 Å². The van der Waals surface area contributed by atoms with Crippen LogP contribution in [-0.4, -0.2) is 9.97 Å². The van der Waals surface area contributed by atoms with Gasteiger partial charge in [0.05, 0.1) is 11.0 Å². The number of hydrogen-bond acceptors (Lipinski definition) is 1. The minimum Gasteiger partial charge on any atom is -0.342 e. The molecule has 0 aliphatic carbocycles.